The fourth-order valence-corrected chi connectivity index (χ4v) is 1.63. The minimum atomic E-state index is -0.721. The summed E-state index contributed by atoms with van der Waals surface area (Å²) in [5.74, 6) is -1.20. The lowest BCUT2D eigenvalue weighted by Crippen LogP contribution is -2.49. The summed E-state index contributed by atoms with van der Waals surface area (Å²) in [7, 11) is 0. The van der Waals surface area contributed by atoms with Crippen LogP contribution < -0.4 is 5.32 Å². The smallest absolute Gasteiger partial charge is 0.254 e. The van der Waals surface area contributed by atoms with Crippen LogP contribution in [0.2, 0.25) is 0 Å². The molecule has 94 valence electrons. The fraction of sp³-hybridized carbons (Fsp3) is 0.500. The largest absolute Gasteiger partial charge is 0.394 e. The zero-order chi connectivity index (χ0) is 12.9. The molecule has 17 heavy (non-hydrogen) atoms. The number of aliphatic hydroxyl groups is 1. The topological polar surface area (TPSA) is 62.2 Å². The minimum Gasteiger partial charge on any atom is -0.394 e. The van der Waals surface area contributed by atoms with Crippen LogP contribution in [0.4, 0.5) is 4.39 Å². The second-order valence-corrected chi connectivity index (χ2v) is 4.28. The monoisotopic (exact) mass is 240 g/mol. The maximum absolute atomic E-state index is 13.3. The summed E-state index contributed by atoms with van der Waals surface area (Å²) in [6, 6.07) is 1.31. The number of carbonyl (C=O) groups is 1. The number of carbonyl (C=O) groups excluding carboxylic acids is 1. The zero-order valence-electron chi connectivity index (χ0n) is 10.0. The van der Waals surface area contributed by atoms with E-state index in [1.54, 1.807) is 6.92 Å². The first-order valence-corrected chi connectivity index (χ1v) is 5.55. The van der Waals surface area contributed by atoms with Crippen LogP contribution >= 0.6 is 0 Å². The predicted octanol–water partition coefficient (Wildman–Crippen LogP) is 1.50. The highest BCUT2D eigenvalue weighted by atomic mass is 19.1. The van der Waals surface area contributed by atoms with Gasteiger partial charge in [0, 0.05) is 6.20 Å². The molecule has 1 heterocycles. The van der Waals surface area contributed by atoms with Gasteiger partial charge in [-0.2, -0.15) is 0 Å². The lowest BCUT2D eigenvalue weighted by molar-refractivity contribution is 0.0836. The van der Waals surface area contributed by atoms with Crippen molar-refractivity contribution in [3.05, 3.63) is 29.8 Å². The van der Waals surface area contributed by atoms with E-state index < -0.39 is 17.3 Å². The molecule has 1 atom stereocenters. The van der Waals surface area contributed by atoms with Crippen LogP contribution in [-0.4, -0.2) is 28.1 Å². The van der Waals surface area contributed by atoms with Gasteiger partial charge in [-0.25, -0.2) is 4.39 Å². The van der Waals surface area contributed by atoms with Gasteiger partial charge in [0.05, 0.1) is 23.9 Å². The maximum atomic E-state index is 13.3. The lowest BCUT2D eigenvalue weighted by Gasteiger charge is -2.28. The summed E-state index contributed by atoms with van der Waals surface area (Å²) >= 11 is 0. The van der Waals surface area contributed by atoms with Gasteiger partial charge in [0.1, 0.15) is 0 Å². The van der Waals surface area contributed by atoms with Gasteiger partial charge in [-0.1, -0.05) is 13.3 Å². The molecule has 0 radical (unpaired) electrons. The molecule has 0 saturated carbocycles. The molecule has 4 nitrogen and oxygen atoms in total. The highest BCUT2D eigenvalue weighted by Crippen LogP contribution is 2.13. The van der Waals surface area contributed by atoms with Gasteiger partial charge in [-0.3, -0.25) is 9.78 Å². The Kier molecular flexibility index (Phi) is 4.57. The average Bonchev–Trinajstić information content (AvgIpc) is 2.29. The Balaban J connectivity index is 2.82. The van der Waals surface area contributed by atoms with Gasteiger partial charge < -0.3 is 10.4 Å². The van der Waals surface area contributed by atoms with Crippen LogP contribution in [0.15, 0.2) is 18.5 Å². The van der Waals surface area contributed by atoms with Crippen molar-refractivity contribution in [2.24, 2.45) is 0 Å². The summed E-state index contributed by atoms with van der Waals surface area (Å²) in [5.41, 5.74) is -0.780. The summed E-state index contributed by atoms with van der Waals surface area (Å²) in [5, 5.41) is 11.9. The first-order valence-electron chi connectivity index (χ1n) is 5.55. The number of aromatic nitrogens is 1. The summed E-state index contributed by atoms with van der Waals surface area (Å²) < 4.78 is 13.3. The molecule has 0 aliphatic heterocycles. The van der Waals surface area contributed by atoms with Crippen LogP contribution in [0.3, 0.4) is 0 Å². The predicted molar refractivity (Wildman–Crippen MR) is 62.1 cm³/mol. The van der Waals surface area contributed by atoms with Gasteiger partial charge in [0.25, 0.3) is 5.91 Å². The number of amides is 1. The number of nitrogens with one attached hydrogen (secondary N) is 1. The van der Waals surface area contributed by atoms with Crippen LogP contribution in [0.1, 0.15) is 37.0 Å². The molecule has 0 saturated heterocycles. The second-order valence-electron chi connectivity index (χ2n) is 4.28. The van der Waals surface area contributed by atoms with Crippen LogP contribution in [0.5, 0.6) is 0 Å². The van der Waals surface area contributed by atoms with Crippen molar-refractivity contribution < 1.29 is 14.3 Å². The van der Waals surface area contributed by atoms with E-state index in [1.807, 2.05) is 6.92 Å². The summed E-state index contributed by atoms with van der Waals surface area (Å²) in [6.07, 6.45) is 3.79. The highest BCUT2D eigenvalue weighted by Gasteiger charge is 2.26. The van der Waals surface area contributed by atoms with Gasteiger partial charge in [-0.15, -0.1) is 0 Å². The van der Waals surface area contributed by atoms with Crippen LogP contribution in [0, 0.1) is 5.82 Å². The molecule has 1 amide bonds. The maximum Gasteiger partial charge on any atom is 0.254 e. The molecule has 0 aromatic carbocycles. The van der Waals surface area contributed by atoms with Gasteiger partial charge in [-0.05, 0) is 19.4 Å². The van der Waals surface area contributed by atoms with Crippen molar-refractivity contribution in [3.63, 3.8) is 0 Å². The highest BCUT2D eigenvalue weighted by molar-refractivity contribution is 5.94. The number of pyridine rings is 1. The Morgan fingerprint density at radius 1 is 1.65 bits per heavy atom. The number of nitrogens with zero attached hydrogens (tertiary/aromatic N) is 1. The van der Waals surface area contributed by atoms with Crippen molar-refractivity contribution >= 4 is 5.91 Å². The van der Waals surface area contributed by atoms with E-state index >= 15 is 0 Å². The lowest BCUT2D eigenvalue weighted by atomic mass is 9.97. The minimum absolute atomic E-state index is 0.0595. The molecular weight excluding hydrogens is 223 g/mol. The zero-order valence-corrected chi connectivity index (χ0v) is 10.0. The Labute approximate surface area is 99.9 Å². The Morgan fingerprint density at radius 3 is 2.88 bits per heavy atom. The number of hydrogen-bond donors (Lipinski definition) is 2. The Morgan fingerprint density at radius 2 is 2.35 bits per heavy atom. The second kappa shape index (κ2) is 5.72. The molecule has 1 rings (SSSR count). The van der Waals surface area contributed by atoms with Crippen molar-refractivity contribution in [1.29, 1.82) is 0 Å². The molecule has 0 aliphatic rings. The van der Waals surface area contributed by atoms with E-state index in [0.717, 1.165) is 12.6 Å². The number of hydrogen-bond acceptors (Lipinski definition) is 3. The fourth-order valence-electron chi connectivity index (χ4n) is 1.63. The van der Waals surface area contributed by atoms with Gasteiger partial charge >= 0.3 is 0 Å². The average molecular weight is 240 g/mol. The third-order valence-corrected chi connectivity index (χ3v) is 2.58. The number of halogens is 1. The molecule has 0 aliphatic carbocycles. The van der Waals surface area contributed by atoms with Gasteiger partial charge in [0.15, 0.2) is 5.82 Å². The van der Waals surface area contributed by atoms with Crippen LogP contribution in [-0.2, 0) is 0 Å². The van der Waals surface area contributed by atoms with E-state index in [4.69, 9.17) is 0 Å². The number of rotatable bonds is 5. The first kappa shape index (κ1) is 13.6. The molecule has 0 bridgehead atoms. The van der Waals surface area contributed by atoms with Crippen molar-refractivity contribution in [2.45, 2.75) is 32.2 Å². The SMILES string of the molecule is CCC[C@@](C)(CO)NC(=O)c1ccncc1F. The molecule has 1 aromatic rings. The Hall–Kier alpha value is -1.49. The molecule has 0 spiro atoms. The first-order chi connectivity index (χ1) is 8.02. The van der Waals surface area contributed by atoms with Gasteiger partial charge in [0.2, 0.25) is 0 Å². The third-order valence-electron chi connectivity index (χ3n) is 2.58. The van der Waals surface area contributed by atoms with E-state index in [0.29, 0.717) is 6.42 Å². The normalized spacial score (nSPS) is 14.1. The van der Waals surface area contributed by atoms with E-state index in [9.17, 15) is 14.3 Å². The van der Waals surface area contributed by atoms with Crippen molar-refractivity contribution in [1.82, 2.24) is 10.3 Å². The van der Waals surface area contributed by atoms with Crippen molar-refractivity contribution in [2.75, 3.05) is 6.61 Å². The molecule has 1 aromatic heterocycles. The van der Waals surface area contributed by atoms with Crippen molar-refractivity contribution in [3.8, 4) is 0 Å². The quantitative estimate of drug-likeness (QED) is 0.820. The third kappa shape index (κ3) is 3.49. The van der Waals surface area contributed by atoms with Crippen LogP contribution in [0.25, 0.3) is 0 Å². The molecule has 0 unspecified atom stereocenters. The van der Waals surface area contributed by atoms with E-state index in [-0.39, 0.29) is 12.2 Å². The molecular formula is C12H17FN2O2. The summed E-state index contributed by atoms with van der Waals surface area (Å²) in [6.45, 7) is 3.50. The summed E-state index contributed by atoms with van der Waals surface area (Å²) in [4.78, 5) is 15.4. The molecule has 2 N–H and O–H groups in total. The van der Waals surface area contributed by atoms with E-state index in [1.165, 1.54) is 12.3 Å². The van der Waals surface area contributed by atoms with E-state index in [2.05, 4.69) is 10.3 Å². The number of aliphatic hydroxyl groups excluding tert-OH is 1. The Bertz CT molecular complexity index is 398. The molecule has 5 heteroatoms. The standard InChI is InChI=1S/C12H17FN2O2/c1-3-5-12(2,8-16)15-11(17)9-4-6-14-7-10(9)13/h4,6-7,16H,3,5,8H2,1-2H3,(H,15,17)/t12-/m0/s1. The molecule has 0 fully saturated rings.